The number of nitrogens with one attached hydrogen (secondary N) is 1. The topological polar surface area (TPSA) is 135 Å². The monoisotopic (exact) mass is 551 g/mol. The molecule has 3 atom stereocenters. The van der Waals surface area contributed by atoms with Crippen molar-refractivity contribution < 1.29 is 24.2 Å². The molecule has 0 bridgehead atoms. The third kappa shape index (κ3) is 7.54. The quantitative estimate of drug-likeness (QED) is 0.385. The number of hydrogen-bond acceptors (Lipinski definition) is 9. The van der Waals surface area contributed by atoms with Gasteiger partial charge in [-0.2, -0.15) is 0 Å². The van der Waals surface area contributed by atoms with Gasteiger partial charge in [0, 0.05) is 36.8 Å². The smallest absolute Gasteiger partial charge is 0.246 e. The second kappa shape index (κ2) is 13.4. The molecule has 0 radical (unpaired) electrons. The van der Waals surface area contributed by atoms with Crippen LogP contribution >= 0.6 is 0 Å². The van der Waals surface area contributed by atoms with E-state index in [1.54, 1.807) is 30.2 Å². The van der Waals surface area contributed by atoms with Crippen LogP contribution in [0.25, 0.3) is 0 Å². The maximum atomic E-state index is 13.4. The number of likely N-dealkylation sites (N-methyl/N-ethyl adjacent to an activating group) is 1. The lowest BCUT2D eigenvalue weighted by Gasteiger charge is -2.34. The Morgan fingerprint density at radius 3 is 2.73 bits per heavy atom. The van der Waals surface area contributed by atoms with Crippen molar-refractivity contribution in [2.45, 2.75) is 45.5 Å². The molecule has 2 N–H and O–H groups in total. The molecule has 0 spiro atoms. The van der Waals surface area contributed by atoms with Gasteiger partial charge in [0.1, 0.15) is 30.5 Å². The molecule has 1 aliphatic heterocycles. The van der Waals surface area contributed by atoms with E-state index < -0.39 is 0 Å². The highest BCUT2D eigenvalue weighted by molar-refractivity contribution is 5.91. The molecule has 0 unspecified atom stereocenters. The highest BCUT2D eigenvalue weighted by atomic mass is 16.5. The lowest BCUT2D eigenvalue weighted by Crippen LogP contribution is -2.47. The second-order valence-electron chi connectivity index (χ2n) is 10.3. The maximum absolute atomic E-state index is 13.4. The molecule has 2 amide bonds. The van der Waals surface area contributed by atoms with Gasteiger partial charge >= 0.3 is 0 Å². The molecule has 1 aromatic heterocycles. The summed E-state index contributed by atoms with van der Waals surface area (Å²) in [6.45, 7) is 5.51. The second-order valence-corrected chi connectivity index (χ2v) is 10.3. The van der Waals surface area contributed by atoms with Gasteiger partial charge in [-0.25, -0.2) is 4.68 Å². The summed E-state index contributed by atoms with van der Waals surface area (Å²) < 4.78 is 13.2. The highest BCUT2D eigenvalue weighted by Crippen LogP contribution is 2.29. The van der Waals surface area contributed by atoms with Crippen LogP contribution in [0.2, 0.25) is 0 Å². The van der Waals surface area contributed by atoms with Crippen molar-refractivity contribution in [3.8, 4) is 11.5 Å². The molecule has 0 aliphatic carbocycles. The van der Waals surface area contributed by atoms with Crippen molar-refractivity contribution in [1.29, 1.82) is 0 Å². The number of carbonyl (C=O) groups is 2. The SMILES string of the molecule is COc1ccc(CN(C)C[C@@H]2Oc3ccc(NC(=O)Cn4cnnn4)cc3CC(=O)N([C@@H](C)CO)C[C@H]2C)cc1. The minimum absolute atomic E-state index is 0.0158. The third-order valence-electron chi connectivity index (χ3n) is 7.00. The maximum Gasteiger partial charge on any atom is 0.246 e. The Morgan fingerprint density at radius 2 is 2.05 bits per heavy atom. The zero-order valence-electron chi connectivity index (χ0n) is 23.4. The molecule has 12 nitrogen and oxygen atoms in total. The number of ether oxygens (including phenoxy) is 2. The van der Waals surface area contributed by atoms with Gasteiger partial charge in [0.25, 0.3) is 0 Å². The minimum Gasteiger partial charge on any atom is -0.497 e. The Morgan fingerprint density at radius 1 is 1.27 bits per heavy atom. The van der Waals surface area contributed by atoms with E-state index in [9.17, 15) is 14.7 Å². The van der Waals surface area contributed by atoms with Gasteiger partial charge in [0.05, 0.1) is 26.2 Å². The Labute approximate surface area is 233 Å². The zero-order valence-corrected chi connectivity index (χ0v) is 23.4. The fourth-order valence-corrected chi connectivity index (χ4v) is 4.74. The van der Waals surface area contributed by atoms with Crippen LogP contribution in [0.5, 0.6) is 11.5 Å². The molecule has 2 aromatic carbocycles. The summed E-state index contributed by atoms with van der Waals surface area (Å²) in [7, 11) is 3.69. The number of methoxy groups -OCH3 is 1. The first-order valence-electron chi connectivity index (χ1n) is 13.3. The summed E-state index contributed by atoms with van der Waals surface area (Å²) in [5.74, 6) is 0.982. The molecule has 2 heterocycles. The first kappa shape index (κ1) is 29.0. The molecule has 3 aromatic rings. The molecule has 0 saturated carbocycles. The number of aliphatic hydroxyl groups excluding tert-OH is 1. The molecule has 12 heteroatoms. The molecular weight excluding hydrogens is 514 g/mol. The molecular formula is C28H37N7O5. The lowest BCUT2D eigenvalue weighted by atomic mass is 10.0. The number of aliphatic hydroxyl groups is 1. The number of hydrogen-bond donors (Lipinski definition) is 2. The van der Waals surface area contributed by atoms with E-state index in [0.29, 0.717) is 36.6 Å². The molecule has 1 aliphatic rings. The number of rotatable bonds is 10. The van der Waals surface area contributed by atoms with Crippen molar-refractivity contribution in [2.24, 2.45) is 5.92 Å². The van der Waals surface area contributed by atoms with Crippen LogP contribution in [0.3, 0.4) is 0 Å². The van der Waals surface area contributed by atoms with Gasteiger partial charge in [-0.1, -0.05) is 19.1 Å². The summed E-state index contributed by atoms with van der Waals surface area (Å²) in [6, 6.07) is 12.9. The van der Waals surface area contributed by atoms with E-state index in [-0.39, 0.29) is 49.5 Å². The van der Waals surface area contributed by atoms with E-state index in [1.165, 1.54) is 11.0 Å². The number of anilines is 1. The average Bonchev–Trinajstić information content (AvgIpc) is 3.45. The van der Waals surface area contributed by atoms with Crippen LogP contribution in [0.15, 0.2) is 48.8 Å². The van der Waals surface area contributed by atoms with E-state index in [2.05, 4.69) is 32.7 Å². The Hall–Kier alpha value is -4.03. The fraction of sp³-hybridized carbons (Fsp3) is 0.464. The Bertz CT molecular complexity index is 1270. The fourth-order valence-electron chi connectivity index (χ4n) is 4.74. The largest absolute Gasteiger partial charge is 0.497 e. The van der Waals surface area contributed by atoms with E-state index in [0.717, 1.165) is 11.3 Å². The number of nitrogens with zero attached hydrogens (tertiary/aromatic N) is 6. The number of carbonyl (C=O) groups excluding carboxylic acids is 2. The Kier molecular flexibility index (Phi) is 9.67. The van der Waals surface area contributed by atoms with Crippen LogP contribution in [-0.4, -0.2) is 92.9 Å². The van der Waals surface area contributed by atoms with E-state index >= 15 is 0 Å². The normalized spacial score (nSPS) is 18.2. The van der Waals surface area contributed by atoms with Crippen molar-refractivity contribution in [3.63, 3.8) is 0 Å². The summed E-state index contributed by atoms with van der Waals surface area (Å²) in [5, 5.41) is 23.5. The van der Waals surface area contributed by atoms with Gasteiger partial charge in [0.2, 0.25) is 11.8 Å². The van der Waals surface area contributed by atoms with Gasteiger partial charge in [-0.15, -0.1) is 5.10 Å². The summed E-state index contributed by atoms with van der Waals surface area (Å²) in [5.41, 5.74) is 2.35. The third-order valence-corrected chi connectivity index (χ3v) is 7.00. The average molecular weight is 552 g/mol. The molecule has 40 heavy (non-hydrogen) atoms. The predicted octanol–water partition coefficient (Wildman–Crippen LogP) is 1.60. The first-order chi connectivity index (χ1) is 19.2. The minimum atomic E-state index is -0.339. The highest BCUT2D eigenvalue weighted by Gasteiger charge is 2.31. The summed E-state index contributed by atoms with van der Waals surface area (Å²) in [6.07, 6.45) is 1.21. The van der Waals surface area contributed by atoms with Gasteiger partial charge in [0.15, 0.2) is 0 Å². The standard InChI is InChI=1S/C28H37N7O5/c1-19-13-35(20(2)17-36)28(38)12-22-11-23(30-27(37)16-34-18-29-31-32-34)7-10-25(22)40-26(19)15-33(3)14-21-5-8-24(39-4)9-6-21/h5-11,18-20,26,36H,12-17H2,1-4H3,(H,30,37)/t19-,20+,26+/m1/s1. The van der Waals surface area contributed by atoms with Crippen LogP contribution < -0.4 is 14.8 Å². The number of amides is 2. The zero-order chi connectivity index (χ0) is 28.6. The van der Waals surface area contributed by atoms with Crippen molar-refractivity contribution in [1.82, 2.24) is 30.0 Å². The van der Waals surface area contributed by atoms with Crippen molar-refractivity contribution in [3.05, 3.63) is 59.9 Å². The van der Waals surface area contributed by atoms with Gasteiger partial charge in [-0.3, -0.25) is 14.5 Å². The first-order valence-corrected chi connectivity index (χ1v) is 13.3. The van der Waals surface area contributed by atoms with E-state index in [1.807, 2.05) is 38.2 Å². The summed E-state index contributed by atoms with van der Waals surface area (Å²) in [4.78, 5) is 29.8. The van der Waals surface area contributed by atoms with Crippen LogP contribution in [0.1, 0.15) is 25.0 Å². The van der Waals surface area contributed by atoms with Crippen LogP contribution in [0, 0.1) is 5.92 Å². The Balaban J connectivity index is 1.55. The van der Waals surface area contributed by atoms with Gasteiger partial charge in [-0.05, 0) is 60.3 Å². The number of benzene rings is 2. The molecule has 0 fully saturated rings. The van der Waals surface area contributed by atoms with Crippen molar-refractivity contribution in [2.75, 3.05) is 39.2 Å². The predicted molar refractivity (Wildman–Crippen MR) is 148 cm³/mol. The van der Waals surface area contributed by atoms with E-state index in [4.69, 9.17) is 9.47 Å². The number of fused-ring (bicyclic) bond motifs is 1. The van der Waals surface area contributed by atoms with Crippen molar-refractivity contribution >= 4 is 17.5 Å². The molecule has 0 saturated heterocycles. The number of aromatic nitrogens is 4. The van der Waals surface area contributed by atoms with Crippen LogP contribution in [-0.2, 0) is 29.1 Å². The molecule has 4 rings (SSSR count). The molecule has 214 valence electrons. The van der Waals surface area contributed by atoms with Gasteiger partial charge < -0.3 is 24.8 Å². The summed E-state index contributed by atoms with van der Waals surface area (Å²) >= 11 is 0. The lowest BCUT2D eigenvalue weighted by molar-refractivity contribution is -0.134. The van der Waals surface area contributed by atoms with Crippen LogP contribution in [0.4, 0.5) is 5.69 Å². The number of tetrazole rings is 1.